The fraction of sp³-hybridized carbons (Fsp3) is 0.900. The molecule has 0 bridgehead atoms. The van der Waals surface area contributed by atoms with E-state index in [1.54, 1.807) is 11.9 Å². The molecule has 84 valence electrons. The molecule has 0 aliphatic heterocycles. The van der Waals surface area contributed by atoms with Crippen molar-refractivity contribution in [2.75, 3.05) is 20.3 Å². The summed E-state index contributed by atoms with van der Waals surface area (Å²) in [5, 5.41) is 8.50. The highest BCUT2D eigenvalue weighted by Crippen LogP contribution is 2.23. The van der Waals surface area contributed by atoms with E-state index in [2.05, 4.69) is 20.8 Å². The fourth-order valence-electron chi connectivity index (χ4n) is 0.974. The van der Waals surface area contributed by atoms with Crippen molar-refractivity contribution in [1.29, 1.82) is 0 Å². The highest BCUT2D eigenvalue weighted by atomic mass is 16.6. The van der Waals surface area contributed by atoms with Crippen molar-refractivity contribution in [2.24, 2.45) is 5.41 Å². The van der Waals surface area contributed by atoms with E-state index in [0.717, 1.165) is 0 Å². The van der Waals surface area contributed by atoms with Gasteiger partial charge in [-0.15, -0.1) is 0 Å². The molecule has 0 saturated carbocycles. The Kier molecular flexibility index (Phi) is 4.91. The number of carbonyl (C=O) groups is 1. The van der Waals surface area contributed by atoms with E-state index in [1.807, 2.05) is 6.92 Å². The maximum atomic E-state index is 11.4. The Hall–Kier alpha value is -0.770. The van der Waals surface area contributed by atoms with E-state index in [1.165, 1.54) is 0 Å². The quantitative estimate of drug-likeness (QED) is 0.756. The van der Waals surface area contributed by atoms with Crippen LogP contribution in [0.1, 0.15) is 27.7 Å². The highest BCUT2D eigenvalue weighted by molar-refractivity contribution is 5.67. The van der Waals surface area contributed by atoms with Gasteiger partial charge in [0.05, 0.1) is 6.61 Å². The Morgan fingerprint density at radius 1 is 1.50 bits per heavy atom. The molecule has 4 heteroatoms. The largest absolute Gasteiger partial charge is 0.447 e. The molecule has 1 unspecified atom stereocenters. The molecule has 1 atom stereocenters. The summed E-state index contributed by atoms with van der Waals surface area (Å²) in [6.07, 6.45) is -0.388. The Morgan fingerprint density at radius 3 is 2.36 bits per heavy atom. The number of aliphatic hydroxyl groups excluding tert-OH is 1. The lowest BCUT2D eigenvalue weighted by molar-refractivity contribution is 0.0632. The predicted octanol–water partition coefficient (Wildman–Crippen LogP) is 1.48. The van der Waals surface area contributed by atoms with E-state index in [4.69, 9.17) is 9.84 Å². The standard InChI is InChI=1S/C10H21NO3/c1-8(10(2,3)4)11(5)9(13)14-7-6-12/h8,12H,6-7H2,1-5H3. The summed E-state index contributed by atoms with van der Waals surface area (Å²) in [4.78, 5) is 12.9. The van der Waals surface area contributed by atoms with Crippen molar-refractivity contribution < 1.29 is 14.6 Å². The molecule has 0 fully saturated rings. The van der Waals surface area contributed by atoms with Gasteiger partial charge in [-0.2, -0.15) is 0 Å². The summed E-state index contributed by atoms with van der Waals surface area (Å²) < 4.78 is 4.81. The van der Waals surface area contributed by atoms with Crippen molar-refractivity contribution in [1.82, 2.24) is 4.90 Å². The lowest BCUT2D eigenvalue weighted by Crippen LogP contribution is -2.43. The number of ether oxygens (including phenoxy) is 1. The third-order valence-electron chi connectivity index (χ3n) is 2.44. The van der Waals surface area contributed by atoms with Gasteiger partial charge in [-0.05, 0) is 12.3 Å². The van der Waals surface area contributed by atoms with Crippen LogP contribution in [0.3, 0.4) is 0 Å². The van der Waals surface area contributed by atoms with Gasteiger partial charge >= 0.3 is 6.09 Å². The van der Waals surface area contributed by atoms with Gasteiger partial charge in [0.1, 0.15) is 6.61 Å². The van der Waals surface area contributed by atoms with Crippen molar-refractivity contribution in [3.63, 3.8) is 0 Å². The van der Waals surface area contributed by atoms with E-state index < -0.39 is 0 Å². The molecule has 0 aromatic carbocycles. The average Bonchev–Trinajstić information content (AvgIpc) is 2.10. The lowest BCUT2D eigenvalue weighted by Gasteiger charge is -2.34. The van der Waals surface area contributed by atoms with Crippen LogP contribution in [0.2, 0.25) is 0 Å². The Labute approximate surface area is 85.9 Å². The number of carbonyl (C=O) groups excluding carboxylic acids is 1. The maximum absolute atomic E-state index is 11.4. The fourth-order valence-corrected chi connectivity index (χ4v) is 0.974. The summed E-state index contributed by atoms with van der Waals surface area (Å²) in [6, 6.07) is 0.0914. The van der Waals surface area contributed by atoms with Crippen LogP contribution in [0, 0.1) is 5.41 Å². The third kappa shape index (κ3) is 3.96. The van der Waals surface area contributed by atoms with Gasteiger partial charge in [-0.25, -0.2) is 4.79 Å². The summed E-state index contributed by atoms with van der Waals surface area (Å²) in [6.45, 7) is 8.08. The van der Waals surface area contributed by atoms with Gasteiger partial charge in [-0.3, -0.25) is 0 Å². The van der Waals surface area contributed by atoms with Crippen molar-refractivity contribution in [2.45, 2.75) is 33.7 Å². The zero-order valence-electron chi connectivity index (χ0n) is 9.70. The monoisotopic (exact) mass is 203 g/mol. The second-order valence-corrected chi connectivity index (χ2v) is 4.49. The van der Waals surface area contributed by atoms with Gasteiger partial charge in [0.25, 0.3) is 0 Å². The molecular formula is C10H21NO3. The second-order valence-electron chi connectivity index (χ2n) is 4.49. The maximum Gasteiger partial charge on any atom is 0.409 e. The minimum atomic E-state index is -0.388. The minimum Gasteiger partial charge on any atom is -0.447 e. The van der Waals surface area contributed by atoms with Crippen LogP contribution in [-0.2, 0) is 4.74 Å². The van der Waals surface area contributed by atoms with E-state index in [-0.39, 0.29) is 30.8 Å². The molecule has 0 aromatic heterocycles. The predicted molar refractivity (Wildman–Crippen MR) is 55.1 cm³/mol. The summed E-state index contributed by atoms with van der Waals surface area (Å²) in [5.74, 6) is 0. The van der Waals surface area contributed by atoms with Crippen LogP contribution in [0.5, 0.6) is 0 Å². The zero-order chi connectivity index (χ0) is 11.4. The van der Waals surface area contributed by atoms with Gasteiger partial charge < -0.3 is 14.7 Å². The summed E-state index contributed by atoms with van der Waals surface area (Å²) in [5.41, 5.74) is 0.0208. The highest BCUT2D eigenvalue weighted by Gasteiger charge is 2.27. The van der Waals surface area contributed by atoms with Crippen molar-refractivity contribution >= 4 is 6.09 Å². The van der Waals surface area contributed by atoms with Crippen LogP contribution in [-0.4, -0.2) is 42.4 Å². The number of nitrogens with zero attached hydrogens (tertiary/aromatic N) is 1. The molecule has 0 aliphatic rings. The third-order valence-corrected chi connectivity index (χ3v) is 2.44. The van der Waals surface area contributed by atoms with E-state index in [0.29, 0.717) is 0 Å². The van der Waals surface area contributed by atoms with Crippen LogP contribution in [0.15, 0.2) is 0 Å². The Balaban J connectivity index is 4.18. The average molecular weight is 203 g/mol. The van der Waals surface area contributed by atoms with Gasteiger partial charge in [-0.1, -0.05) is 20.8 Å². The van der Waals surface area contributed by atoms with Gasteiger partial charge in [0.2, 0.25) is 0 Å². The minimum absolute atomic E-state index is 0.0208. The molecule has 0 aromatic rings. The molecule has 0 heterocycles. The molecule has 0 saturated heterocycles. The number of hydrogen-bond donors (Lipinski definition) is 1. The van der Waals surface area contributed by atoms with E-state index in [9.17, 15) is 4.79 Å². The summed E-state index contributed by atoms with van der Waals surface area (Å²) in [7, 11) is 1.70. The topological polar surface area (TPSA) is 49.8 Å². The van der Waals surface area contributed by atoms with Crippen LogP contribution in [0.25, 0.3) is 0 Å². The normalized spacial score (nSPS) is 13.6. The first kappa shape index (κ1) is 13.2. The van der Waals surface area contributed by atoms with Crippen molar-refractivity contribution in [3.8, 4) is 0 Å². The molecule has 0 spiro atoms. The summed E-state index contributed by atoms with van der Waals surface area (Å²) >= 11 is 0. The molecule has 0 rings (SSSR count). The first-order valence-corrected chi connectivity index (χ1v) is 4.81. The van der Waals surface area contributed by atoms with Gasteiger partial charge in [0.15, 0.2) is 0 Å². The molecular weight excluding hydrogens is 182 g/mol. The first-order valence-electron chi connectivity index (χ1n) is 4.81. The molecule has 0 aliphatic carbocycles. The SMILES string of the molecule is CC(N(C)C(=O)OCCO)C(C)(C)C. The second kappa shape index (κ2) is 5.20. The Morgan fingerprint density at radius 2 is 2.00 bits per heavy atom. The van der Waals surface area contributed by atoms with Crippen LogP contribution in [0.4, 0.5) is 4.79 Å². The van der Waals surface area contributed by atoms with Gasteiger partial charge in [0, 0.05) is 13.1 Å². The van der Waals surface area contributed by atoms with Crippen LogP contribution >= 0.6 is 0 Å². The molecule has 0 radical (unpaired) electrons. The molecule has 1 amide bonds. The number of amides is 1. The number of hydrogen-bond acceptors (Lipinski definition) is 3. The molecule has 14 heavy (non-hydrogen) atoms. The first-order chi connectivity index (χ1) is 6.30. The molecule has 1 N–H and O–H groups in total. The van der Waals surface area contributed by atoms with E-state index >= 15 is 0 Å². The van der Waals surface area contributed by atoms with Crippen molar-refractivity contribution in [3.05, 3.63) is 0 Å². The van der Waals surface area contributed by atoms with Crippen LogP contribution < -0.4 is 0 Å². The number of rotatable bonds is 3. The smallest absolute Gasteiger partial charge is 0.409 e. The number of aliphatic hydroxyl groups is 1. The molecule has 4 nitrogen and oxygen atoms in total. The lowest BCUT2D eigenvalue weighted by atomic mass is 9.87. The zero-order valence-corrected chi connectivity index (χ0v) is 9.70. The Bertz CT molecular complexity index is 186.